The van der Waals surface area contributed by atoms with Crippen molar-refractivity contribution >= 4 is 16.8 Å². The summed E-state index contributed by atoms with van der Waals surface area (Å²) >= 11 is 0. The molecule has 0 aliphatic heterocycles. The summed E-state index contributed by atoms with van der Waals surface area (Å²) < 4.78 is 44.5. The molecule has 0 spiro atoms. The van der Waals surface area contributed by atoms with Gasteiger partial charge in [-0.05, 0) is 31.9 Å². The summed E-state index contributed by atoms with van der Waals surface area (Å²) in [4.78, 5) is 16.8. The van der Waals surface area contributed by atoms with Crippen LogP contribution in [0.4, 0.5) is 13.2 Å². The Morgan fingerprint density at radius 1 is 1.36 bits per heavy atom. The maximum absolute atomic E-state index is 14.6. The zero-order valence-corrected chi connectivity index (χ0v) is 15.5. The summed E-state index contributed by atoms with van der Waals surface area (Å²) in [5.74, 6) is -3.53. The highest BCUT2D eigenvalue weighted by atomic mass is 19.3. The molecule has 1 fully saturated rings. The Morgan fingerprint density at radius 3 is 2.82 bits per heavy atom. The summed E-state index contributed by atoms with van der Waals surface area (Å²) in [6, 6.07) is 1.70. The summed E-state index contributed by atoms with van der Waals surface area (Å²) in [7, 11) is 1.80. The van der Waals surface area contributed by atoms with Crippen LogP contribution in [0.1, 0.15) is 42.0 Å². The normalized spacial score (nSPS) is 19.1. The van der Waals surface area contributed by atoms with Crippen LogP contribution in [-0.4, -0.2) is 37.6 Å². The third-order valence-corrected chi connectivity index (χ3v) is 5.42. The molecule has 148 valence electrons. The molecule has 4 rings (SSSR count). The highest BCUT2D eigenvalue weighted by Crippen LogP contribution is 2.34. The molecule has 1 atom stereocenters. The van der Waals surface area contributed by atoms with Gasteiger partial charge in [-0.15, -0.1) is 0 Å². The van der Waals surface area contributed by atoms with Gasteiger partial charge in [0.2, 0.25) is 0 Å². The minimum atomic E-state index is -2.96. The van der Waals surface area contributed by atoms with Gasteiger partial charge in [-0.3, -0.25) is 9.89 Å². The number of carbonyl (C=O) groups excluding carboxylic acids is 1. The van der Waals surface area contributed by atoms with Gasteiger partial charge in [0, 0.05) is 24.4 Å². The van der Waals surface area contributed by atoms with Gasteiger partial charge >= 0.3 is 0 Å². The topological polar surface area (TPSA) is 75.6 Å². The van der Waals surface area contributed by atoms with Crippen molar-refractivity contribution in [3.8, 4) is 11.3 Å². The molecule has 1 saturated carbocycles. The lowest BCUT2D eigenvalue weighted by atomic mass is 9.91. The Labute approximate surface area is 159 Å². The van der Waals surface area contributed by atoms with Gasteiger partial charge < -0.3 is 9.88 Å². The average molecular weight is 391 g/mol. The Hall–Kier alpha value is -2.84. The number of alkyl halides is 2. The SMILES string of the molecule is Cc1ncc(-c2cc(F)c3[nH]nc(C(=O)N[C@@H]4CCCCC4(F)F)c3c2)n1C. The van der Waals surface area contributed by atoms with Crippen molar-refractivity contribution < 1.29 is 18.0 Å². The molecule has 2 N–H and O–H groups in total. The fourth-order valence-corrected chi connectivity index (χ4v) is 3.67. The molecule has 3 aromatic rings. The smallest absolute Gasteiger partial charge is 0.272 e. The van der Waals surface area contributed by atoms with Gasteiger partial charge in [0.1, 0.15) is 17.2 Å². The van der Waals surface area contributed by atoms with Crippen LogP contribution < -0.4 is 5.32 Å². The Bertz CT molecular complexity index is 1060. The van der Waals surface area contributed by atoms with Crippen molar-refractivity contribution in [2.24, 2.45) is 7.05 Å². The van der Waals surface area contributed by atoms with E-state index in [1.165, 1.54) is 6.07 Å². The second kappa shape index (κ2) is 6.65. The van der Waals surface area contributed by atoms with Gasteiger partial charge in [-0.25, -0.2) is 18.2 Å². The molecule has 28 heavy (non-hydrogen) atoms. The lowest BCUT2D eigenvalue weighted by Gasteiger charge is -2.31. The number of nitrogens with zero attached hydrogens (tertiary/aromatic N) is 3. The summed E-state index contributed by atoms with van der Waals surface area (Å²) in [6.45, 7) is 1.82. The van der Waals surface area contributed by atoms with E-state index in [9.17, 15) is 18.0 Å². The monoisotopic (exact) mass is 391 g/mol. The number of fused-ring (bicyclic) bond motifs is 1. The number of aryl methyl sites for hydroxylation is 1. The zero-order chi connectivity index (χ0) is 20.1. The van der Waals surface area contributed by atoms with Crippen LogP contribution in [0.2, 0.25) is 0 Å². The van der Waals surface area contributed by atoms with Crippen LogP contribution in [0.3, 0.4) is 0 Å². The number of nitrogens with one attached hydrogen (secondary N) is 2. The van der Waals surface area contributed by atoms with Gasteiger partial charge in [-0.2, -0.15) is 5.10 Å². The van der Waals surface area contributed by atoms with Gasteiger partial charge in [0.15, 0.2) is 5.69 Å². The van der Waals surface area contributed by atoms with E-state index in [1.54, 1.807) is 23.9 Å². The van der Waals surface area contributed by atoms with E-state index in [1.807, 2.05) is 6.92 Å². The van der Waals surface area contributed by atoms with Crippen molar-refractivity contribution in [2.45, 2.75) is 44.6 Å². The standard InChI is InChI=1S/C19H20F3N5O/c1-10-23-9-14(27(10)2)11-7-12-16(13(20)8-11)25-26-17(12)18(28)24-15-5-3-4-6-19(15,21)22/h7-9,15H,3-6H2,1-2H3,(H,24,28)(H,25,26)/t15-/m1/s1. The number of amides is 1. The first kappa shape index (κ1) is 18.5. The Morgan fingerprint density at radius 2 is 2.14 bits per heavy atom. The van der Waals surface area contributed by atoms with Crippen molar-refractivity contribution in [1.82, 2.24) is 25.1 Å². The fourth-order valence-electron chi connectivity index (χ4n) is 3.67. The summed E-state index contributed by atoms with van der Waals surface area (Å²) in [6.07, 6.45) is 2.62. The van der Waals surface area contributed by atoms with E-state index in [4.69, 9.17) is 0 Å². The second-order valence-electron chi connectivity index (χ2n) is 7.24. The van der Waals surface area contributed by atoms with Crippen LogP contribution in [0, 0.1) is 12.7 Å². The van der Waals surface area contributed by atoms with E-state index in [0.29, 0.717) is 24.1 Å². The maximum Gasteiger partial charge on any atom is 0.272 e. The minimum absolute atomic E-state index is 0.0585. The molecule has 1 aliphatic carbocycles. The second-order valence-corrected chi connectivity index (χ2v) is 7.24. The molecule has 2 heterocycles. The molecule has 9 heteroatoms. The highest BCUT2D eigenvalue weighted by Gasteiger charge is 2.42. The number of hydrogen-bond donors (Lipinski definition) is 2. The zero-order valence-electron chi connectivity index (χ0n) is 15.5. The molecule has 0 radical (unpaired) electrons. The summed E-state index contributed by atoms with van der Waals surface area (Å²) in [5, 5.41) is 9.01. The molecule has 1 amide bonds. The third kappa shape index (κ3) is 3.04. The van der Waals surface area contributed by atoms with Crippen LogP contribution in [0.5, 0.6) is 0 Å². The number of halogens is 3. The molecule has 1 aromatic carbocycles. The van der Waals surface area contributed by atoms with Crippen LogP contribution in [-0.2, 0) is 7.05 Å². The molecule has 6 nitrogen and oxygen atoms in total. The predicted molar refractivity (Wildman–Crippen MR) is 97.7 cm³/mol. The minimum Gasteiger partial charge on any atom is -0.342 e. The number of imidazole rings is 1. The number of rotatable bonds is 3. The summed E-state index contributed by atoms with van der Waals surface area (Å²) in [5.41, 5.74) is 1.15. The number of carbonyl (C=O) groups is 1. The first-order valence-electron chi connectivity index (χ1n) is 9.13. The van der Waals surface area contributed by atoms with E-state index >= 15 is 0 Å². The molecule has 0 bridgehead atoms. The fraction of sp³-hybridized carbons (Fsp3) is 0.421. The van der Waals surface area contributed by atoms with Crippen molar-refractivity contribution in [2.75, 3.05) is 0 Å². The molecule has 1 aliphatic rings. The number of hydrogen-bond acceptors (Lipinski definition) is 3. The predicted octanol–water partition coefficient (Wildman–Crippen LogP) is 3.72. The lowest BCUT2D eigenvalue weighted by molar-refractivity contribution is -0.0609. The Kier molecular flexibility index (Phi) is 4.40. The van der Waals surface area contributed by atoms with Gasteiger partial charge in [0.25, 0.3) is 11.8 Å². The van der Waals surface area contributed by atoms with E-state index in [0.717, 1.165) is 5.82 Å². The number of H-pyrrole nitrogens is 1. The van der Waals surface area contributed by atoms with Crippen LogP contribution in [0.15, 0.2) is 18.3 Å². The van der Waals surface area contributed by atoms with Crippen LogP contribution >= 0.6 is 0 Å². The maximum atomic E-state index is 14.6. The lowest BCUT2D eigenvalue weighted by Crippen LogP contribution is -2.49. The van der Waals surface area contributed by atoms with Crippen molar-refractivity contribution in [3.63, 3.8) is 0 Å². The van der Waals surface area contributed by atoms with Crippen LogP contribution in [0.25, 0.3) is 22.2 Å². The van der Waals surface area contributed by atoms with Gasteiger partial charge in [-0.1, -0.05) is 6.42 Å². The number of aromatic nitrogens is 4. The highest BCUT2D eigenvalue weighted by molar-refractivity contribution is 6.05. The van der Waals surface area contributed by atoms with E-state index in [-0.39, 0.29) is 29.4 Å². The van der Waals surface area contributed by atoms with E-state index < -0.39 is 23.7 Å². The molecule has 2 aromatic heterocycles. The van der Waals surface area contributed by atoms with Crippen molar-refractivity contribution in [3.05, 3.63) is 35.7 Å². The first-order valence-corrected chi connectivity index (χ1v) is 9.13. The Balaban J connectivity index is 1.71. The third-order valence-electron chi connectivity index (χ3n) is 5.42. The average Bonchev–Trinajstić information content (AvgIpc) is 3.21. The van der Waals surface area contributed by atoms with Crippen molar-refractivity contribution in [1.29, 1.82) is 0 Å². The molecular formula is C19H20F3N5O. The first-order chi connectivity index (χ1) is 13.3. The van der Waals surface area contributed by atoms with Gasteiger partial charge in [0.05, 0.1) is 17.9 Å². The number of benzene rings is 1. The molecule has 0 saturated heterocycles. The van der Waals surface area contributed by atoms with E-state index in [2.05, 4.69) is 20.5 Å². The molecule has 0 unspecified atom stereocenters. The largest absolute Gasteiger partial charge is 0.342 e. The molecular weight excluding hydrogens is 371 g/mol. The quantitative estimate of drug-likeness (QED) is 0.715. The number of aromatic amines is 1.